The minimum Gasteiger partial charge on any atom is -0.481 e. The number of aromatic nitrogens is 2. The van der Waals surface area contributed by atoms with Crippen LogP contribution in [0.25, 0.3) is 22.3 Å². The molecule has 0 radical (unpaired) electrons. The molecular weight excluding hydrogens is 416 g/mol. The van der Waals surface area contributed by atoms with Crippen LogP contribution in [0.3, 0.4) is 0 Å². The fraction of sp³-hybridized carbons (Fsp3) is 0.304. The Morgan fingerprint density at radius 1 is 1.13 bits per heavy atom. The summed E-state index contributed by atoms with van der Waals surface area (Å²) in [7, 11) is -1.53. The van der Waals surface area contributed by atoms with E-state index in [2.05, 4.69) is 5.10 Å². The van der Waals surface area contributed by atoms with E-state index in [1.807, 2.05) is 40.0 Å². The number of sulfone groups is 1. The third kappa shape index (κ3) is 4.80. The average Bonchev–Trinajstić information content (AvgIpc) is 2.98. The molecule has 0 atom stereocenters. The van der Waals surface area contributed by atoms with Crippen LogP contribution < -0.4 is 4.74 Å². The molecule has 0 bridgehead atoms. The number of hydrogen-bond acceptors (Lipinski definition) is 5. The van der Waals surface area contributed by atoms with Crippen molar-refractivity contribution >= 4 is 15.8 Å². The number of carbonyl (C=O) groups is 1. The van der Waals surface area contributed by atoms with Gasteiger partial charge in [0.25, 0.3) is 0 Å². The molecule has 0 unspecified atom stereocenters. The number of carboxylic acids is 1. The van der Waals surface area contributed by atoms with Crippen LogP contribution in [0.15, 0.2) is 47.4 Å². The largest absolute Gasteiger partial charge is 0.481 e. The van der Waals surface area contributed by atoms with Crippen LogP contribution in [0.5, 0.6) is 5.75 Å². The summed E-state index contributed by atoms with van der Waals surface area (Å²) in [6.07, 6.45) is 0.522. The highest BCUT2D eigenvalue weighted by Gasteiger charge is 2.18. The summed E-state index contributed by atoms with van der Waals surface area (Å²) in [6.45, 7) is 5.23. The first-order valence-corrected chi connectivity index (χ1v) is 11.6. The first kappa shape index (κ1) is 22.6. The first-order valence-electron chi connectivity index (χ1n) is 9.96. The van der Waals surface area contributed by atoms with Crippen molar-refractivity contribution in [2.24, 2.45) is 7.05 Å². The molecule has 1 heterocycles. The minimum absolute atomic E-state index is 0.0624. The third-order valence-corrected chi connectivity index (χ3v) is 7.02. The summed E-state index contributed by atoms with van der Waals surface area (Å²) in [4.78, 5) is 11.3. The number of carboxylic acid groups (broad SMARTS) is 1. The molecule has 164 valence electrons. The van der Waals surface area contributed by atoms with Gasteiger partial charge in [-0.15, -0.1) is 0 Å². The van der Waals surface area contributed by atoms with E-state index >= 15 is 0 Å². The van der Waals surface area contributed by atoms with E-state index in [1.165, 1.54) is 0 Å². The Morgan fingerprint density at radius 2 is 1.87 bits per heavy atom. The Bertz CT molecular complexity index is 1230. The maximum absolute atomic E-state index is 12.6. The number of aliphatic carboxylic acids is 1. The molecule has 0 saturated heterocycles. The molecule has 7 nitrogen and oxygen atoms in total. The zero-order chi connectivity index (χ0) is 22.8. The molecule has 0 fully saturated rings. The van der Waals surface area contributed by atoms with Crippen LogP contribution >= 0.6 is 0 Å². The number of rotatable bonds is 8. The van der Waals surface area contributed by atoms with Gasteiger partial charge in [-0.05, 0) is 55.7 Å². The van der Waals surface area contributed by atoms with Crippen molar-refractivity contribution in [3.63, 3.8) is 0 Å². The zero-order valence-corrected chi connectivity index (χ0v) is 18.9. The van der Waals surface area contributed by atoms with Gasteiger partial charge in [0, 0.05) is 23.9 Å². The normalized spacial score (nSPS) is 11.5. The fourth-order valence-electron chi connectivity index (χ4n) is 3.61. The molecule has 1 aromatic heterocycles. The second-order valence-electron chi connectivity index (χ2n) is 7.41. The summed E-state index contributed by atoms with van der Waals surface area (Å²) in [6, 6.07) is 12.1. The summed E-state index contributed by atoms with van der Waals surface area (Å²) >= 11 is 0. The molecule has 3 rings (SSSR count). The highest BCUT2D eigenvalue weighted by Crippen LogP contribution is 2.37. The lowest BCUT2D eigenvalue weighted by Crippen LogP contribution is -2.10. The second-order valence-corrected chi connectivity index (χ2v) is 9.52. The summed E-state index contributed by atoms with van der Waals surface area (Å²) in [5.41, 5.74) is 4.98. The van der Waals surface area contributed by atoms with E-state index in [0.717, 1.165) is 22.5 Å². The van der Waals surface area contributed by atoms with Crippen molar-refractivity contribution in [2.75, 3.05) is 12.4 Å². The van der Waals surface area contributed by atoms with Crippen LogP contribution in [-0.4, -0.2) is 41.6 Å². The molecule has 0 aliphatic rings. The monoisotopic (exact) mass is 442 g/mol. The third-order valence-electron chi connectivity index (χ3n) is 5.11. The van der Waals surface area contributed by atoms with E-state index in [1.54, 1.807) is 35.0 Å². The topological polar surface area (TPSA) is 98.5 Å². The Labute approximate surface area is 182 Å². The molecule has 0 aliphatic heterocycles. The lowest BCUT2D eigenvalue weighted by Gasteiger charge is -2.14. The van der Waals surface area contributed by atoms with Crippen molar-refractivity contribution in [2.45, 2.75) is 32.1 Å². The SMILES string of the molecule is CCCS(=O)(=O)c1cccc(-c2cc(-c3c(C)nn(C)c3C)ccc2OCC(=O)O)c1. The highest BCUT2D eigenvalue weighted by molar-refractivity contribution is 7.91. The Hall–Kier alpha value is -3.13. The van der Waals surface area contributed by atoms with E-state index in [9.17, 15) is 13.2 Å². The number of nitrogens with zero attached hydrogens (tertiary/aromatic N) is 2. The lowest BCUT2D eigenvalue weighted by molar-refractivity contribution is -0.139. The predicted molar refractivity (Wildman–Crippen MR) is 119 cm³/mol. The minimum atomic E-state index is -3.40. The van der Waals surface area contributed by atoms with Gasteiger partial charge in [0.05, 0.1) is 16.3 Å². The average molecular weight is 443 g/mol. The lowest BCUT2D eigenvalue weighted by atomic mass is 9.97. The van der Waals surface area contributed by atoms with Crippen molar-refractivity contribution in [3.05, 3.63) is 53.9 Å². The Morgan fingerprint density at radius 3 is 2.48 bits per heavy atom. The molecule has 1 N–H and O–H groups in total. The fourth-order valence-corrected chi connectivity index (χ4v) is 4.98. The molecule has 31 heavy (non-hydrogen) atoms. The van der Waals surface area contributed by atoms with Gasteiger partial charge in [0.2, 0.25) is 0 Å². The number of aryl methyl sites for hydroxylation is 2. The van der Waals surface area contributed by atoms with Crippen molar-refractivity contribution in [3.8, 4) is 28.0 Å². The van der Waals surface area contributed by atoms with Gasteiger partial charge in [-0.2, -0.15) is 5.10 Å². The molecule has 8 heteroatoms. The van der Waals surface area contributed by atoms with Crippen molar-refractivity contribution < 1.29 is 23.1 Å². The zero-order valence-electron chi connectivity index (χ0n) is 18.0. The van der Waals surface area contributed by atoms with E-state index in [-0.39, 0.29) is 10.6 Å². The van der Waals surface area contributed by atoms with Crippen LogP contribution in [0.4, 0.5) is 0 Å². The molecule has 0 saturated carbocycles. The van der Waals surface area contributed by atoms with Crippen molar-refractivity contribution in [1.82, 2.24) is 9.78 Å². The molecule has 3 aromatic rings. The van der Waals surface area contributed by atoms with E-state index in [4.69, 9.17) is 9.84 Å². The van der Waals surface area contributed by atoms with E-state index in [0.29, 0.717) is 23.3 Å². The summed E-state index contributed by atoms with van der Waals surface area (Å²) in [5.74, 6) is -0.656. The Kier molecular flexibility index (Phi) is 6.50. The number of ether oxygens (including phenoxy) is 1. The van der Waals surface area contributed by atoms with Gasteiger partial charge in [-0.3, -0.25) is 4.68 Å². The number of benzene rings is 2. The van der Waals surface area contributed by atoms with Crippen molar-refractivity contribution in [1.29, 1.82) is 0 Å². The predicted octanol–water partition coefficient (Wildman–Crippen LogP) is 4.02. The molecule has 0 aliphatic carbocycles. The van der Waals surface area contributed by atoms with Gasteiger partial charge in [-0.1, -0.05) is 25.1 Å². The van der Waals surface area contributed by atoms with Crippen LogP contribution in [-0.2, 0) is 21.7 Å². The second kappa shape index (κ2) is 8.93. The quantitative estimate of drug-likeness (QED) is 0.566. The van der Waals surface area contributed by atoms with Crippen LogP contribution in [0, 0.1) is 13.8 Å². The molecular formula is C23H26N2O5S. The van der Waals surface area contributed by atoms with Gasteiger partial charge in [0.1, 0.15) is 5.75 Å². The highest BCUT2D eigenvalue weighted by atomic mass is 32.2. The van der Waals surface area contributed by atoms with Crippen LogP contribution in [0.2, 0.25) is 0 Å². The standard InChI is InChI=1S/C23H26N2O5S/c1-5-11-31(28,29)19-8-6-7-17(12-19)20-13-18(9-10-21(20)30-14-22(26)27)23-15(2)24-25(4)16(23)3/h6-10,12-13H,5,11,14H2,1-4H3,(H,26,27). The number of hydrogen-bond donors (Lipinski definition) is 1. The smallest absolute Gasteiger partial charge is 0.341 e. The molecule has 2 aromatic carbocycles. The van der Waals surface area contributed by atoms with Gasteiger partial charge in [0.15, 0.2) is 16.4 Å². The van der Waals surface area contributed by atoms with E-state index < -0.39 is 22.4 Å². The Balaban J connectivity index is 2.18. The maximum Gasteiger partial charge on any atom is 0.341 e. The van der Waals surface area contributed by atoms with Gasteiger partial charge in [-0.25, -0.2) is 13.2 Å². The van der Waals surface area contributed by atoms with Crippen LogP contribution in [0.1, 0.15) is 24.7 Å². The van der Waals surface area contributed by atoms with Gasteiger partial charge < -0.3 is 9.84 Å². The summed E-state index contributed by atoms with van der Waals surface area (Å²) < 4.78 is 32.5. The maximum atomic E-state index is 12.6. The van der Waals surface area contributed by atoms with Gasteiger partial charge >= 0.3 is 5.97 Å². The molecule has 0 spiro atoms. The molecule has 0 amide bonds. The first-order chi connectivity index (χ1) is 14.6. The summed E-state index contributed by atoms with van der Waals surface area (Å²) in [5, 5.41) is 13.5.